The van der Waals surface area contributed by atoms with Crippen LogP contribution in [0.1, 0.15) is 6.92 Å². The Kier molecular flexibility index (Phi) is 10.7. The molecule has 16 heteroatoms. The van der Waals surface area contributed by atoms with Crippen molar-refractivity contribution in [2.75, 3.05) is 13.7 Å². The fourth-order valence-electron chi connectivity index (χ4n) is 2.41. The Labute approximate surface area is 173 Å². The van der Waals surface area contributed by atoms with E-state index >= 15 is 0 Å². The number of nitrogens with one attached hydrogen (secondary N) is 1. The highest BCUT2D eigenvalue weighted by Crippen LogP contribution is 2.26. The first-order chi connectivity index (χ1) is 14.1. The zero-order valence-corrected chi connectivity index (χ0v) is 16.2. The number of nitrogens with two attached hydrogens (primary N) is 2. The van der Waals surface area contributed by atoms with Gasteiger partial charge >= 0.3 is 18.1 Å². The van der Waals surface area contributed by atoms with Crippen LogP contribution in [0.2, 0.25) is 0 Å². The van der Waals surface area contributed by atoms with Crippen molar-refractivity contribution in [1.82, 2.24) is 5.32 Å². The third-order valence-electron chi connectivity index (χ3n) is 3.59. The average Bonchev–Trinajstić information content (AvgIpc) is 2.62. The number of aliphatic hydroxyl groups excluding tert-OH is 2. The molecule has 0 aromatic heterocycles. The molecule has 13 nitrogen and oxygen atoms in total. The molecule has 0 saturated heterocycles. The molecule has 5 atom stereocenters. The highest BCUT2D eigenvalue weighted by Gasteiger charge is 2.44. The molecule has 0 saturated carbocycles. The number of carbonyl (C=O) groups is 3. The number of guanidine groups is 1. The highest BCUT2D eigenvalue weighted by atomic mass is 19.4. The number of methoxy groups -OCH3 is 1. The molecule has 0 aromatic rings. The number of rotatable bonds is 7. The molecule has 0 aromatic carbocycles. The Balaban J connectivity index is 0.00000110. The van der Waals surface area contributed by atoms with Crippen LogP contribution in [0.25, 0.3) is 0 Å². The van der Waals surface area contributed by atoms with Crippen LogP contribution in [-0.4, -0.2) is 94.5 Å². The van der Waals surface area contributed by atoms with Crippen LogP contribution in [0.5, 0.6) is 0 Å². The summed E-state index contributed by atoms with van der Waals surface area (Å²) >= 11 is 0. The van der Waals surface area contributed by atoms with Crippen LogP contribution in [-0.2, 0) is 23.9 Å². The second-order valence-electron chi connectivity index (χ2n) is 5.94. The number of aliphatic imine (C=N–C) groups is 1. The molecule has 0 radical (unpaired) electrons. The van der Waals surface area contributed by atoms with E-state index < -0.39 is 66.8 Å². The number of ether oxygens (including phenoxy) is 2. The number of aliphatic hydroxyl groups is 2. The van der Waals surface area contributed by atoms with Gasteiger partial charge in [-0.05, 0) is 6.08 Å². The maximum atomic E-state index is 11.5. The quantitative estimate of drug-likeness (QED) is 0.155. The fraction of sp³-hybridized carbons (Fsp3) is 0.600. The van der Waals surface area contributed by atoms with Crippen LogP contribution < -0.4 is 16.8 Å². The largest absolute Gasteiger partial charge is 0.490 e. The van der Waals surface area contributed by atoms with E-state index in [9.17, 15) is 33.0 Å². The van der Waals surface area contributed by atoms with E-state index in [1.807, 2.05) is 0 Å². The molecule has 1 amide bonds. The van der Waals surface area contributed by atoms with Gasteiger partial charge in [-0.2, -0.15) is 13.2 Å². The third-order valence-corrected chi connectivity index (χ3v) is 3.59. The summed E-state index contributed by atoms with van der Waals surface area (Å²) in [6.45, 7) is 0.578. The Morgan fingerprint density at radius 3 is 2.16 bits per heavy atom. The zero-order chi connectivity index (χ0) is 24.5. The molecule has 178 valence electrons. The van der Waals surface area contributed by atoms with E-state index in [-0.39, 0.29) is 5.96 Å². The van der Waals surface area contributed by atoms with E-state index in [2.05, 4.69) is 10.3 Å². The van der Waals surface area contributed by atoms with Gasteiger partial charge in [0, 0.05) is 14.0 Å². The first kappa shape index (κ1) is 27.9. The van der Waals surface area contributed by atoms with Crippen molar-refractivity contribution < 1.29 is 57.5 Å². The topological polar surface area (TPSA) is 227 Å². The van der Waals surface area contributed by atoms with Gasteiger partial charge in [0.2, 0.25) is 11.7 Å². The predicted octanol–water partition coefficient (Wildman–Crippen LogP) is -2.50. The first-order valence-electron chi connectivity index (χ1n) is 8.25. The molecule has 1 heterocycles. The van der Waals surface area contributed by atoms with Crippen molar-refractivity contribution >= 4 is 23.8 Å². The van der Waals surface area contributed by atoms with Crippen molar-refractivity contribution in [3.8, 4) is 0 Å². The van der Waals surface area contributed by atoms with Gasteiger partial charge in [-0.15, -0.1) is 0 Å². The van der Waals surface area contributed by atoms with E-state index in [1.165, 1.54) is 14.0 Å². The fourth-order valence-corrected chi connectivity index (χ4v) is 2.41. The normalized spacial score (nSPS) is 22.4. The molecule has 9 N–H and O–H groups in total. The number of hydrogen-bond donors (Lipinski definition) is 7. The second kappa shape index (κ2) is 11.9. The molecule has 0 unspecified atom stereocenters. The molecule has 0 spiro atoms. The van der Waals surface area contributed by atoms with Crippen LogP contribution in [0.15, 0.2) is 16.8 Å². The van der Waals surface area contributed by atoms with Crippen LogP contribution in [0, 0.1) is 0 Å². The molecule has 0 fully saturated rings. The lowest BCUT2D eigenvalue weighted by Crippen LogP contribution is -2.60. The number of carbonyl (C=O) groups excluding carboxylic acids is 1. The minimum absolute atomic E-state index is 0.325. The van der Waals surface area contributed by atoms with E-state index in [1.54, 1.807) is 0 Å². The monoisotopic (exact) mass is 460 g/mol. The summed E-state index contributed by atoms with van der Waals surface area (Å²) in [5.74, 6) is -5.39. The average molecular weight is 460 g/mol. The molecule has 0 aliphatic carbocycles. The Morgan fingerprint density at radius 2 is 1.84 bits per heavy atom. The van der Waals surface area contributed by atoms with Crippen LogP contribution in [0.4, 0.5) is 13.2 Å². The van der Waals surface area contributed by atoms with Gasteiger partial charge in [-0.1, -0.05) is 0 Å². The summed E-state index contributed by atoms with van der Waals surface area (Å²) in [4.78, 5) is 35.5. The summed E-state index contributed by atoms with van der Waals surface area (Å²) in [7, 11) is 1.24. The Hall–Kier alpha value is -3.11. The summed E-state index contributed by atoms with van der Waals surface area (Å²) in [6.07, 6.45) is -7.64. The maximum Gasteiger partial charge on any atom is 0.490 e. The molecule has 1 aliphatic heterocycles. The predicted molar refractivity (Wildman–Crippen MR) is 95.4 cm³/mol. The van der Waals surface area contributed by atoms with Gasteiger partial charge in [-0.3, -0.25) is 4.79 Å². The number of hydrogen-bond acceptors (Lipinski definition) is 8. The van der Waals surface area contributed by atoms with E-state index in [0.717, 1.165) is 6.08 Å². The number of amides is 1. The van der Waals surface area contributed by atoms with Crippen molar-refractivity contribution in [1.29, 1.82) is 0 Å². The highest BCUT2D eigenvalue weighted by molar-refractivity contribution is 5.85. The molecular formula is C15H23F3N4O9. The number of carboxylic acid groups (broad SMARTS) is 2. The van der Waals surface area contributed by atoms with Gasteiger partial charge in [0.05, 0.1) is 18.7 Å². The lowest BCUT2D eigenvalue weighted by atomic mass is 9.92. The van der Waals surface area contributed by atoms with Crippen LogP contribution in [0.3, 0.4) is 0 Å². The Morgan fingerprint density at radius 1 is 1.32 bits per heavy atom. The number of nitrogens with zero attached hydrogens (tertiary/aromatic N) is 1. The van der Waals surface area contributed by atoms with Crippen molar-refractivity contribution in [3.63, 3.8) is 0 Å². The van der Waals surface area contributed by atoms with Gasteiger partial charge in [0.25, 0.3) is 0 Å². The first-order valence-corrected chi connectivity index (χ1v) is 8.25. The summed E-state index contributed by atoms with van der Waals surface area (Å²) in [5.41, 5.74) is 10.7. The van der Waals surface area contributed by atoms with Crippen molar-refractivity contribution in [3.05, 3.63) is 11.8 Å². The molecular weight excluding hydrogens is 437 g/mol. The number of aliphatic carboxylic acids is 2. The minimum atomic E-state index is -5.08. The standard InChI is InChI=1S/C13H22N4O7.C2HF3O2/c1-5(19)16-9-6(17-13(14)15)3-8(12(21)22)24-11(9)10(23-2)7(20)4-18;3-2(4,5)1(6)7/h3,6-7,9-11,18,20H,4H2,1-2H3,(H,16,19)(H,21,22)(H4,14,15,17);(H,6,7)/t6-,7+,9+,10+,11+;/m0./s1. The van der Waals surface area contributed by atoms with E-state index in [4.69, 9.17) is 35.9 Å². The number of halogens is 3. The maximum absolute atomic E-state index is 11.5. The SMILES string of the molecule is CO[C@@H]([C@@H]1OC(C(=O)O)=C[C@H](N=C(N)N)[C@H]1NC(C)=O)[C@H](O)CO.O=C(O)C(F)(F)F. The summed E-state index contributed by atoms with van der Waals surface area (Å²) < 4.78 is 42.2. The Bertz CT molecular complexity index is 710. The zero-order valence-electron chi connectivity index (χ0n) is 16.2. The lowest BCUT2D eigenvalue weighted by Gasteiger charge is -2.39. The van der Waals surface area contributed by atoms with Gasteiger partial charge in [0.15, 0.2) is 12.1 Å². The number of alkyl halides is 3. The summed E-state index contributed by atoms with van der Waals surface area (Å²) in [6, 6.07) is -1.90. The van der Waals surface area contributed by atoms with Gasteiger partial charge < -0.3 is 46.7 Å². The van der Waals surface area contributed by atoms with Crippen molar-refractivity contribution in [2.24, 2.45) is 16.5 Å². The smallest absolute Gasteiger partial charge is 0.478 e. The molecule has 31 heavy (non-hydrogen) atoms. The molecule has 0 bridgehead atoms. The van der Waals surface area contributed by atoms with E-state index in [0.29, 0.717) is 0 Å². The summed E-state index contributed by atoms with van der Waals surface area (Å²) in [5, 5.41) is 37.9. The van der Waals surface area contributed by atoms with Gasteiger partial charge in [-0.25, -0.2) is 14.6 Å². The lowest BCUT2D eigenvalue weighted by molar-refractivity contribution is -0.192. The minimum Gasteiger partial charge on any atom is -0.478 e. The second-order valence-corrected chi connectivity index (χ2v) is 5.94. The third kappa shape index (κ3) is 9.06. The number of carboxylic acids is 2. The van der Waals surface area contributed by atoms with Gasteiger partial charge in [0.1, 0.15) is 12.2 Å². The molecule has 1 rings (SSSR count). The molecule has 1 aliphatic rings. The van der Waals surface area contributed by atoms with Crippen molar-refractivity contribution in [2.45, 2.75) is 43.5 Å². The van der Waals surface area contributed by atoms with Crippen LogP contribution >= 0.6 is 0 Å².